The van der Waals surface area contributed by atoms with Crippen LogP contribution in [0.4, 0.5) is 4.39 Å². The van der Waals surface area contributed by atoms with E-state index in [1.165, 1.54) is 30.5 Å². The molecule has 1 heterocycles. The minimum Gasteiger partial charge on any atom is -0.477 e. The first kappa shape index (κ1) is 14.6. The minimum atomic E-state index is -1.13. The van der Waals surface area contributed by atoms with Crippen LogP contribution in [-0.2, 0) is 0 Å². The SMILES string of the molecule is CCNC(=O)c1ccc(-c2ccc(C(=O)O)nc2)cc1F. The molecule has 2 aromatic rings. The van der Waals surface area contributed by atoms with Gasteiger partial charge < -0.3 is 10.4 Å². The Hall–Kier alpha value is -2.76. The molecule has 0 saturated heterocycles. The molecular formula is C15H13FN2O3. The van der Waals surface area contributed by atoms with E-state index in [1.807, 2.05) is 0 Å². The van der Waals surface area contributed by atoms with Crippen molar-refractivity contribution in [2.45, 2.75) is 6.92 Å². The molecule has 0 radical (unpaired) electrons. The lowest BCUT2D eigenvalue weighted by Crippen LogP contribution is -2.23. The number of rotatable bonds is 4. The largest absolute Gasteiger partial charge is 0.477 e. The molecule has 0 spiro atoms. The van der Waals surface area contributed by atoms with Crippen molar-refractivity contribution in [3.8, 4) is 11.1 Å². The summed E-state index contributed by atoms with van der Waals surface area (Å²) in [7, 11) is 0. The Kier molecular flexibility index (Phi) is 4.27. The number of hydrogen-bond donors (Lipinski definition) is 2. The van der Waals surface area contributed by atoms with Crippen LogP contribution in [0.15, 0.2) is 36.5 Å². The summed E-state index contributed by atoms with van der Waals surface area (Å²) in [6, 6.07) is 7.08. The van der Waals surface area contributed by atoms with Crippen LogP contribution < -0.4 is 5.32 Å². The van der Waals surface area contributed by atoms with E-state index >= 15 is 0 Å². The Labute approximate surface area is 120 Å². The first-order valence-electron chi connectivity index (χ1n) is 6.30. The Balaban J connectivity index is 2.31. The molecule has 0 aliphatic heterocycles. The third kappa shape index (κ3) is 3.22. The molecule has 108 valence electrons. The number of carboxylic acids is 1. The van der Waals surface area contributed by atoms with Crippen molar-refractivity contribution in [1.29, 1.82) is 0 Å². The smallest absolute Gasteiger partial charge is 0.354 e. The Morgan fingerprint density at radius 1 is 1.24 bits per heavy atom. The average molecular weight is 288 g/mol. The molecular weight excluding hydrogens is 275 g/mol. The highest BCUT2D eigenvalue weighted by molar-refractivity contribution is 5.95. The highest BCUT2D eigenvalue weighted by atomic mass is 19.1. The average Bonchev–Trinajstić information content (AvgIpc) is 2.47. The zero-order chi connectivity index (χ0) is 15.4. The van der Waals surface area contributed by atoms with E-state index in [-0.39, 0.29) is 11.3 Å². The van der Waals surface area contributed by atoms with Gasteiger partial charge in [0.2, 0.25) is 0 Å². The molecule has 1 amide bonds. The van der Waals surface area contributed by atoms with Crippen molar-refractivity contribution in [3.05, 3.63) is 53.6 Å². The lowest BCUT2D eigenvalue weighted by Gasteiger charge is -2.06. The lowest BCUT2D eigenvalue weighted by atomic mass is 10.0. The molecule has 0 saturated carbocycles. The Morgan fingerprint density at radius 3 is 2.48 bits per heavy atom. The summed E-state index contributed by atoms with van der Waals surface area (Å²) in [6.07, 6.45) is 1.35. The summed E-state index contributed by atoms with van der Waals surface area (Å²) in [5.41, 5.74) is 0.972. The van der Waals surface area contributed by atoms with Gasteiger partial charge in [-0.25, -0.2) is 14.2 Å². The van der Waals surface area contributed by atoms with Crippen LogP contribution in [0.3, 0.4) is 0 Å². The van der Waals surface area contributed by atoms with Crippen LogP contribution in [0.2, 0.25) is 0 Å². The van der Waals surface area contributed by atoms with Gasteiger partial charge in [-0.1, -0.05) is 12.1 Å². The molecule has 1 aromatic heterocycles. The third-order valence-electron chi connectivity index (χ3n) is 2.87. The van der Waals surface area contributed by atoms with E-state index in [9.17, 15) is 14.0 Å². The molecule has 0 fully saturated rings. The van der Waals surface area contributed by atoms with E-state index in [0.717, 1.165) is 0 Å². The summed E-state index contributed by atoms with van der Waals surface area (Å²) in [4.78, 5) is 26.1. The zero-order valence-electron chi connectivity index (χ0n) is 11.3. The fourth-order valence-corrected chi connectivity index (χ4v) is 1.83. The zero-order valence-corrected chi connectivity index (χ0v) is 11.3. The summed E-state index contributed by atoms with van der Waals surface area (Å²) in [5.74, 6) is -2.24. The second kappa shape index (κ2) is 6.13. The molecule has 1 aromatic carbocycles. The van der Waals surface area contributed by atoms with Crippen LogP contribution in [0.1, 0.15) is 27.8 Å². The molecule has 5 nitrogen and oxygen atoms in total. The highest BCUT2D eigenvalue weighted by Gasteiger charge is 2.12. The Morgan fingerprint density at radius 2 is 1.95 bits per heavy atom. The maximum atomic E-state index is 13.9. The minimum absolute atomic E-state index is 0.0317. The van der Waals surface area contributed by atoms with Gasteiger partial charge in [0.1, 0.15) is 11.5 Å². The summed E-state index contributed by atoms with van der Waals surface area (Å²) in [6.45, 7) is 2.17. The standard InChI is InChI=1S/C15H13FN2O3/c1-2-17-14(19)11-5-3-9(7-12(11)16)10-4-6-13(15(20)21)18-8-10/h3-8H,2H2,1H3,(H,17,19)(H,20,21). The first-order valence-corrected chi connectivity index (χ1v) is 6.30. The number of aromatic nitrogens is 1. The number of nitrogens with one attached hydrogen (secondary N) is 1. The normalized spacial score (nSPS) is 10.2. The fourth-order valence-electron chi connectivity index (χ4n) is 1.83. The van der Waals surface area contributed by atoms with Crippen molar-refractivity contribution < 1.29 is 19.1 Å². The number of carbonyl (C=O) groups is 2. The predicted octanol–water partition coefficient (Wildman–Crippen LogP) is 2.34. The van der Waals surface area contributed by atoms with Crippen molar-refractivity contribution in [2.24, 2.45) is 0 Å². The monoisotopic (exact) mass is 288 g/mol. The maximum absolute atomic E-state index is 13.9. The second-order valence-electron chi connectivity index (χ2n) is 4.29. The van der Waals surface area contributed by atoms with Crippen LogP contribution in [0, 0.1) is 5.82 Å². The number of hydrogen-bond acceptors (Lipinski definition) is 3. The van der Waals surface area contributed by atoms with E-state index in [4.69, 9.17) is 5.11 Å². The van der Waals surface area contributed by atoms with Gasteiger partial charge in [0.15, 0.2) is 0 Å². The third-order valence-corrected chi connectivity index (χ3v) is 2.87. The molecule has 0 unspecified atom stereocenters. The van der Waals surface area contributed by atoms with Gasteiger partial charge in [0, 0.05) is 18.3 Å². The van der Waals surface area contributed by atoms with Crippen molar-refractivity contribution >= 4 is 11.9 Å². The molecule has 2 N–H and O–H groups in total. The lowest BCUT2D eigenvalue weighted by molar-refractivity contribution is 0.0690. The molecule has 21 heavy (non-hydrogen) atoms. The first-order chi connectivity index (χ1) is 10.0. The number of benzene rings is 1. The predicted molar refractivity (Wildman–Crippen MR) is 74.6 cm³/mol. The number of aromatic carboxylic acids is 1. The number of pyridine rings is 1. The Bertz CT molecular complexity index is 684. The van der Waals surface area contributed by atoms with Crippen LogP contribution in [0.5, 0.6) is 0 Å². The van der Waals surface area contributed by atoms with Gasteiger partial charge in [0.05, 0.1) is 5.56 Å². The van der Waals surface area contributed by atoms with Gasteiger partial charge in [0.25, 0.3) is 5.91 Å². The number of carbonyl (C=O) groups excluding carboxylic acids is 1. The molecule has 0 bridgehead atoms. The number of carboxylic acid groups (broad SMARTS) is 1. The molecule has 6 heteroatoms. The van der Waals surface area contributed by atoms with Gasteiger partial charge in [-0.2, -0.15) is 0 Å². The molecule has 0 aliphatic carbocycles. The van der Waals surface area contributed by atoms with Gasteiger partial charge in [-0.3, -0.25) is 4.79 Å². The molecule has 0 aliphatic rings. The van der Waals surface area contributed by atoms with Crippen LogP contribution in [-0.4, -0.2) is 28.5 Å². The summed E-state index contributed by atoms with van der Waals surface area (Å²) >= 11 is 0. The highest BCUT2D eigenvalue weighted by Crippen LogP contribution is 2.21. The number of halogens is 1. The van der Waals surface area contributed by atoms with Crippen molar-refractivity contribution in [1.82, 2.24) is 10.3 Å². The van der Waals surface area contributed by atoms with E-state index < -0.39 is 17.7 Å². The molecule has 2 rings (SSSR count). The van der Waals surface area contributed by atoms with Gasteiger partial charge in [-0.15, -0.1) is 0 Å². The fraction of sp³-hybridized carbons (Fsp3) is 0.133. The maximum Gasteiger partial charge on any atom is 0.354 e. The second-order valence-corrected chi connectivity index (χ2v) is 4.29. The van der Waals surface area contributed by atoms with Crippen molar-refractivity contribution in [3.63, 3.8) is 0 Å². The number of amides is 1. The van der Waals surface area contributed by atoms with E-state index in [0.29, 0.717) is 17.7 Å². The van der Waals surface area contributed by atoms with Crippen molar-refractivity contribution in [2.75, 3.05) is 6.54 Å². The quantitative estimate of drug-likeness (QED) is 0.905. The summed E-state index contributed by atoms with van der Waals surface area (Å²) in [5, 5.41) is 11.3. The van der Waals surface area contributed by atoms with Crippen LogP contribution in [0.25, 0.3) is 11.1 Å². The topological polar surface area (TPSA) is 79.3 Å². The van der Waals surface area contributed by atoms with E-state index in [2.05, 4.69) is 10.3 Å². The summed E-state index contributed by atoms with van der Waals surface area (Å²) < 4.78 is 13.9. The van der Waals surface area contributed by atoms with Gasteiger partial charge >= 0.3 is 5.97 Å². The van der Waals surface area contributed by atoms with E-state index in [1.54, 1.807) is 13.0 Å². The van der Waals surface area contributed by atoms with Crippen LogP contribution >= 0.6 is 0 Å². The van der Waals surface area contributed by atoms with Gasteiger partial charge in [-0.05, 0) is 30.7 Å². The molecule has 0 atom stereocenters. The number of nitrogens with zero attached hydrogens (tertiary/aromatic N) is 1.